The summed E-state index contributed by atoms with van der Waals surface area (Å²) in [6.07, 6.45) is 8.65. The Bertz CT molecular complexity index is 637. The van der Waals surface area contributed by atoms with Gasteiger partial charge in [0.05, 0.1) is 11.9 Å². The molecule has 2 atom stereocenters. The standard InChI is InChI=1S/C19H28N4O/c1-15(5-6-16-7-9-19(24)10-8-16)21-17-4-3-11-23(13-17)18-12-20-22(2)14-18/h7-10,12,14-15,17,21,24H,3-6,11,13H2,1-2H3/t15-,17+/m0/s1. The third-order valence-corrected chi connectivity index (χ3v) is 4.80. The normalized spacial score (nSPS) is 19.4. The van der Waals surface area contributed by atoms with Crippen LogP contribution in [0.5, 0.6) is 5.75 Å². The van der Waals surface area contributed by atoms with E-state index in [1.165, 1.54) is 24.1 Å². The monoisotopic (exact) mass is 328 g/mol. The van der Waals surface area contributed by atoms with E-state index in [0.29, 0.717) is 17.8 Å². The van der Waals surface area contributed by atoms with Gasteiger partial charge in [-0.05, 0) is 50.3 Å². The zero-order chi connectivity index (χ0) is 16.9. The molecule has 5 nitrogen and oxygen atoms in total. The molecule has 0 aliphatic carbocycles. The number of aromatic nitrogens is 2. The highest BCUT2D eigenvalue weighted by Crippen LogP contribution is 2.19. The summed E-state index contributed by atoms with van der Waals surface area (Å²) in [5.74, 6) is 0.336. The van der Waals surface area contributed by atoms with Crippen LogP contribution < -0.4 is 10.2 Å². The molecule has 1 saturated heterocycles. The predicted octanol–water partition coefficient (Wildman–Crippen LogP) is 2.71. The molecule has 130 valence electrons. The molecule has 3 rings (SSSR count). The molecule has 5 heteroatoms. The number of nitrogens with one attached hydrogen (secondary N) is 1. The van der Waals surface area contributed by atoms with Gasteiger partial charge in [0.25, 0.3) is 0 Å². The molecule has 2 aromatic rings. The average molecular weight is 328 g/mol. The van der Waals surface area contributed by atoms with Crippen molar-refractivity contribution >= 4 is 5.69 Å². The maximum atomic E-state index is 9.35. The summed E-state index contributed by atoms with van der Waals surface area (Å²) in [6.45, 7) is 4.43. The maximum absolute atomic E-state index is 9.35. The highest BCUT2D eigenvalue weighted by Gasteiger charge is 2.22. The van der Waals surface area contributed by atoms with Gasteiger partial charge in [-0.3, -0.25) is 4.68 Å². The number of aromatic hydroxyl groups is 1. The fraction of sp³-hybridized carbons (Fsp3) is 0.526. The first-order valence-electron chi connectivity index (χ1n) is 8.87. The van der Waals surface area contributed by atoms with Crippen LogP contribution in [0.3, 0.4) is 0 Å². The van der Waals surface area contributed by atoms with E-state index in [9.17, 15) is 5.11 Å². The molecule has 1 fully saturated rings. The Morgan fingerprint density at radius 3 is 2.83 bits per heavy atom. The Balaban J connectivity index is 1.47. The van der Waals surface area contributed by atoms with Crippen molar-refractivity contribution in [2.45, 2.75) is 44.7 Å². The number of nitrogens with zero attached hydrogens (tertiary/aromatic N) is 3. The van der Waals surface area contributed by atoms with Crippen LogP contribution in [0, 0.1) is 0 Å². The molecule has 0 bridgehead atoms. The Kier molecular flexibility index (Phi) is 5.41. The van der Waals surface area contributed by atoms with Gasteiger partial charge in [-0.2, -0.15) is 5.10 Å². The van der Waals surface area contributed by atoms with E-state index < -0.39 is 0 Å². The number of phenolic OH excluding ortho intramolecular Hbond substituents is 1. The molecule has 2 N–H and O–H groups in total. The highest BCUT2D eigenvalue weighted by atomic mass is 16.3. The van der Waals surface area contributed by atoms with E-state index in [1.807, 2.05) is 30.1 Å². The highest BCUT2D eigenvalue weighted by molar-refractivity contribution is 5.43. The van der Waals surface area contributed by atoms with Crippen LogP contribution >= 0.6 is 0 Å². The molecule has 2 heterocycles. The first kappa shape index (κ1) is 16.8. The molecular formula is C19H28N4O. The van der Waals surface area contributed by atoms with Crippen molar-refractivity contribution in [3.05, 3.63) is 42.2 Å². The Morgan fingerprint density at radius 2 is 2.12 bits per heavy atom. The third-order valence-electron chi connectivity index (χ3n) is 4.80. The zero-order valence-corrected chi connectivity index (χ0v) is 14.7. The quantitative estimate of drug-likeness (QED) is 0.856. The van der Waals surface area contributed by atoms with Crippen molar-refractivity contribution in [3.63, 3.8) is 0 Å². The molecule has 1 aromatic heterocycles. The van der Waals surface area contributed by atoms with Gasteiger partial charge >= 0.3 is 0 Å². The lowest BCUT2D eigenvalue weighted by Gasteiger charge is -2.35. The Morgan fingerprint density at radius 1 is 1.33 bits per heavy atom. The van der Waals surface area contributed by atoms with Gasteiger partial charge in [0.1, 0.15) is 5.75 Å². The number of phenols is 1. The van der Waals surface area contributed by atoms with Crippen molar-refractivity contribution in [1.82, 2.24) is 15.1 Å². The lowest BCUT2D eigenvalue weighted by Crippen LogP contribution is -2.48. The molecule has 1 aromatic carbocycles. The van der Waals surface area contributed by atoms with Gasteiger partial charge < -0.3 is 15.3 Å². The molecule has 0 spiro atoms. The number of benzene rings is 1. The molecular weight excluding hydrogens is 300 g/mol. The molecule has 0 unspecified atom stereocenters. The zero-order valence-electron chi connectivity index (χ0n) is 14.7. The smallest absolute Gasteiger partial charge is 0.115 e. The van der Waals surface area contributed by atoms with Crippen molar-refractivity contribution in [2.75, 3.05) is 18.0 Å². The van der Waals surface area contributed by atoms with Gasteiger partial charge in [0.15, 0.2) is 0 Å². The second-order valence-corrected chi connectivity index (χ2v) is 6.93. The lowest BCUT2D eigenvalue weighted by molar-refractivity contribution is 0.373. The van der Waals surface area contributed by atoms with Crippen molar-refractivity contribution < 1.29 is 5.11 Å². The van der Waals surface area contributed by atoms with E-state index >= 15 is 0 Å². The molecule has 0 radical (unpaired) electrons. The molecule has 0 amide bonds. The Labute approximate surface area is 144 Å². The number of anilines is 1. The maximum Gasteiger partial charge on any atom is 0.115 e. The fourth-order valence-corrected chi connectivity index (χ4v) is 3.45. The van der Waals surface area contributed by atoms with E-state index in [1.54, 1.807) is 12.1 Å². The summed E-state index contributed by atoms with van der Waals surface area (Å²) in [5, 5.41) is 17.4. The van der Waals surface area contributed by atoms with Crippen molar-refractivity contribution in [1.29, 1.82) is 0 Å². The SMILES string of the molecule is C[C@@H](CCc1ccc(O)cc1)N[C@@H]1CCCN(c2cnn(C)c2)C1. The van der Waals surface area contributed by atoms with Crippen LogP contribution in [0.4, 0.5) is 5.69 Å². The summed E-state index contributed by atoms with van der Waals surface area (Å²) >= 11 is 0. The molecule has 24 heavy (non-hydrogen) atoms. The lowest BCUT2D eigenvalue weighted by atomic mass is 10.0. The Hall–Kier alpha value is -2.01. The van der Waals surface area contributed by atoms with Gasteiger partial charge in [-0.1, -0.05) is 12.1 Å². The predicted molar refractivity (Wildman–Crippen MR) is 97.5 cm³/mol. The van der Waals surface area contributed by atoms with Gasteiger partial charge in [0, 0.05) is 38.4 Å². The summed E-state index contributed by atoms with van der Waals surface area (Å²) in [6, 6.07) is 8.56. The van der Waals surface area contributed by atoms with E-state index in [4.69, 9.17) is 0 Å². The van der Waals surface area contributed by atoms with Gasteiger partial charge in [0.2, 0.25) is 0 Å². The minimum Gasteiger partial charge on any atom is -0.508 e. The van der Waals surface area contributed by atoms with E-state index in [2.05, 4.69) is 28.4 Å². The number of hydrogen-bond acceptors (Lipinski definition) is 4. The van der Waals surface area contributed by atoms with Crippen molar-refractivity contribution in [2.24, 2.45) is 7.05 Å². The molecule has 1 aliphatic heterocycles. The summed E-state index contributed by atoms with van der Waals surface area (Å²) in [5.41, 5.74) is 2.50. The summed E-state index contributed by atoms with van der Waals surface area (Å²) < 4.78 is 1.87. The van der Waals surface area contributed by atoms with E-state index in [-0.39, 0.29) is 0 Å². The average Bonchev–Trinajstić information content (AvgIpc) is 3.01. The topological polar surface area (TPSA) is 53.3 Å². The number of rotatable bonds is 6. The van der Waals surface area contributed by atoms with Crippen LogP contribution in [0.2, 0.25) is 0 Å². The number of aryl methyl sites for hydroxylation is 2. The van der Waals surface area contributed by atoms with Crippen LogP contribution in [-0.2, 0) is 13.5 Å². The number of piperidine rings is 1. The number of hydrogen-bond donors (Lipinski definition) is 2. The van der Waals surface area contributed by atoms with Crippen LogP contribution in [0.15, 0.2) is 36.7 Å². The van der Waals surface area contributed by atoms with Crippen LogP contribution in [0.1, 0.15) is 31.7 Å². The van der Waals surface area contributed by atoms with Crippen LogP contribution in [0.25, 0.3) is 0 Å². The molecule has 1 aliphatic rings. The summed E-state index contributed by atoms with van der Waals surface area (Å²) in [4.78, 5) is 2.43. The second-order valence-electron chi connectivity index (χ2n) is 6.93. The third kappa shape index (κ3) is 4.51. The minimum atomic E-state index is 0.336. The second kappa shape index (κ2) is 7.71. The minimum absolute atomic E-state index is 0.336. The fourth-order valence-electron chi connectivity index (χ4n) is 3.45. The van der Waals surface area contributed by atoms with Gasteiger partial charge in [-0.15, -0.1) is 0 Å². The van der Waals surface area contributed by atoms with Crippen LogP contribution in [-0.4, -0.2) is 40.1 Å². The van der Waals surface area contributed by atoms with Gasteiger partial charge in [-0.25, -0.2) is 0 Å². The summed E-state index contributed by atoms with van der Waals surface area (Å²) in [7, 11) is 1.97. The first-order chi connectivity index (χ1) is 11.6. The first-order valence-corrected chi connectivity index (χ1v) is 8.87. The molecule has 0 saturated carbocycles. The van der Waals surface area contributed by atoms with Crippen molar-refractivity contribution in [3.8, 4) is 5.75 Å². The largest absolute Gasteiger partial charge is 0.508 e. The van der Waals surface area contributed by atoms with E-state index in [0.717, 1.165) is 25.9 Å².